The van der Waals surface area contributed by atoms with E-state index in [-0.39, 0.29) is 0 Å². The maximum absolute atomic E-state index is 4.87. The Labute approximate surface area is 158 Å². The van der Waals surface area contributed by atoms with Crippen LogP contribution in [0.25, 0.3) is 11.1 Å². The quantitative estimate of drug-likeness (QED) is 0.689. The molecule has 4 heteroatoms. The minimum atomic E-state index is 0.903. The van der Waals surface area contributed by atoms with Gasteiger partial charge in [0.2, 0.25) is 0 Å². The third-order valence-corrected chi connectivity index (χ3v) is 5.61. The summed E-state index contributed by atoms with van der Waals surface area (Å²) in [6, 6.07) is 4.33. The van der Waals surface area contributed by atoms with Crippen molar-refractivity contribution >= 4 is 28.3 Å². The van der Waals surface area contributed by atoms with Crippen LogP contribution in [-0.2, 0) is 7.05 Å². The molecule has 27 heavy (non-hydrogen) atoms. The maximum Gasteiger partial charge on any atom is 0.0894 e. The predicted molar refractivity (Wildman–Crippen MR) is 112 cm³/mol. The largest absolute Gasteiger partial charge is 0.344 e. The van der Waals surface area contributed by atoms with E-state index in [1.807, 2.05) is 12.2 Å². The van der Waals surface area contributed by atoms with Crippen molar-refractivity contribution in [3.63, 3.8) is 0 Å². The first-order valence-electron chi connectivity index (χ1n) is 9.13. The molecule has 0 fully saturated rings. The van der Waals surface area contributed by atoms with E-state index >= 15 is 0 Å². The number of nitrogens with zero attached hydrogens (tertiary/aromatic N) is 4. The molecule has 4 nitrogen and oxygen atoms in total. The topological polar surface area (TPSA) is 42.0 Å². The standard InChI is InChI=1S/C23H20N4/c1-13-16-5-6-18(24-16)14(2)22-11-12-23(27(22)4)15(3)19-8-10-21(26-19)20-9-7-17(13)25-20/h5-12H,1-4H3. The summed E-state index contributed by atoms with van der Waals surface area (Å²) in [7, 11) is 2.10. The number of aromatic nitrogens is 1. The molecule has 5 rings (SSSR count). The maximum atomic E-state index is 4.87. The molecule has 1 aromatic heterocycles. The first-order valence-corrected chi connectivity index (χ1v) is 9.13. The minimum Gasteiger partial charge on any atom is -0.344 e. The average Bonchev–Trinajstić information content (AvgIpc) is 3.45. The molecule has 4 aliphatic heterocycles. The molecule has 1 aromatic rings. The second-order valence-corrected chi connectivity index (χ2v) is 7.18. The van der Waals surface area contributed by atoms with Gasteiger partial charge in [0, 0.05) is 23.3 Å². The molecule has 0 saturated heterocycles. The normalized spacial score (nSPS) is 20.4. The van der Waals surface area contributed by atoms with E-state index in [4.69, 9.17) is 15.0 Å². The van der Waals surface area contributed by atoms with Crippen molar-refractivity contribution in [2.45, 2.75) is 20.8 Å². The fourth-order valence-corrected chi connectivity index (χ4v) is 3.87. The van der Waals surface area contributed by atoms with Crippen molar-refractivity contribution in [2.75, 3.05) is 0 Å². The zero-order valence-corrected chi connectivity index (χ0v) is 15.9. The van der Waals surface area contributed by atoms with Crippen LogP contribution < -0.4 is 10.7 Å². The summed E-state index contributed by atoms with van der Waals surface area (Å²) < 4.78 is 2.22. The summed E-state index contributed by atoms with van der Waals surface area (Å²) >= 11 is 0. The van der Waals surface area contributed by atoms with E-state index in [1.165, 1.54) is 5.35 Å². The fourth-order valence-electron chi connectivity index (χ4n) is 3.87. The van der Waals surface area contributed by atoms with E-state index in [1.54, 1.807) is 0 Å². The Kier molecular flexibility index (Phi) is 3.31. The summed E-state index contributed by atoms with van der Waals surface area (Å²) in [6.07, 6.45) is 12.4. The van der Waals surface area contributed by atoms with Crippen molar-refractivity contribution in [1.82, 2.24) is 4.57 Å². The zero-order valence-electron chi connectivity index (χ0n) is 15.9. The van der Waals surface area contributed by atoms with Crippen LogP contribution in [0.5, 0.6) is 0 Å². The van der Waals surface area contributed by atoms with E-state index in [0.29, 0.717) is 0 Å². The fraction of sp³-hybridized carbons (Fsp3) is 0.174. The van der Waals surface area contributed by atoms with Gasteiger partial charge >= 0.3 is 0 Å². The molecule has 0 spiro atoms. The van der Waals surface area contributed by atoms with Gasteiger partial charge in [0.05, 0.1) is 34.2 Å². The summed E-state index contributed by atoms with van der Waals surface area (Å²) in [5.74, 6) is 0. The lowest BCUT2D eigenvalue weighted by Gasteiger charge is -2.03. The van der Waals surface area contributed by atoms with E-state index in [9.17, 15) is 0 Å². The van der Waals surface area contributed by atoms with E-state index in [2.05, 4.69) is 68.8 Å². The SMILES string of the molecule is CC1=C2C=CC(=N2)C(C)=c2ccc(n2C)=C(C)C2=NC(=C3C=CC1=N3)C=C2. The Morgan fingerprint density at radius 2 is 0.963 bits per heavy atom. The molecule has 5 heterocycles. The van der Waals surface area contributed by atoms with Crippen molar-refractivity contribution in [2.24, 2.45) is 22.0 Å². The Balaban J connectivity index is 1.89. The smallest absolute Gasteiger partial charge is 0.0894 e. The summed E-state index contributed by atoms with van der Waals surface area (Å²) in [5.41, 5.74) is 9.13. The molecule has 0 saturated carbocycles. The van der Waals surface area contributed by atoms with Gasteiger partial charge < -0.3 is 4.57 Å². The zero-order chi connectivity index (χ0) is 18.7. The van der Waals surface area contributed by atoms with Crippen LogP contribution in [0.2, 0.25) is 0 Å². The van der Waals surface area contributed by atoms with Crippen LogP contribution in [0.4, 0.5) is 0 Å². The molecule has 8 bridgehead atoms. The molecule has 132 valence electrons. The lowest BCUT2D eigenvalue weighted by Crippen LogP contribution is -2.28. The summed E-state index contributed by atoms with van der Waals surface area (Å²) in [5, 5.41) is 2.33. The lowest BCUT2D eigenvalue weighted by atomic mass is 10.1. The number of hydrogen-bond acceptors (Lipinski definition) is 3. The van der Waals surface area contributed by atoms with Crippen molar-refractivity contribution in [3.05, 3.63) is 82.0 Å². The van der Waals surface area contributed by atoms with Crippen LogP contribution in [-0.4, -0.2) is 21.7 Å². The third-order valence-electron chi connectivity index (χ3n) is 5.61. The molecule has 4 aliphatic rings. The van der Waals surface area contributed by atoms with Crippen LogP contribution in [0.3, 0.4) is 0 Å². The van der Waals surface area contributed by atoms with Gasteiger partial charge in [0.1, 0.15) is 0 Å². The number of aliphatic imine (C=N–C) groups is 3. The highest BCUT2D eigenvalue weighted by Crippen LogP contribution is 2.26. The van der Waals surface area contributed by atoms with Crippen molar-refractivity contribution < 1.29 is 0 Å². The van der Waals surface area contributed by atoms with Crippen molar-refractivity contribution in [3.8, 4) is 0 Å². The number of hydrogen-bond donors (Lipinski definition) is 0. The van der Waals surface area contributed by atoms with Gasteiger partial charge in [-0.2, -0.15) is 0 Å². The van der Waals surface area contributed by atoms with Gasteiger partial charge in [0.25, 0.3) is 0 Å². The van der Waals surface area contributed by atoms with Gasteiger partial charge in [-0.05, 0) is 80.5 Å². The molecule has 0 aromatic carbocycles. The van der Waals surface area contributed by atoms with Gasteiger partial charge in [-0.3, -0.25) is 0 Å². The van der Waals surface area contributed by atoms with Gasteiger partial charge in [-0.25, -0.2) is 15.0 Å². The molecular weight excluding hydrogens is 332 g/mol. The Bertz CT molecular complexity index is 1280. The second kappa shape index (κ2) is 5.61. The predicted octanol–water partition coefficient (Wildman–Crippen LogP) is 2.90. The Hall–Kier alpha value is -3.27. The number of fused-ring (bicyclic) bond motifs is 5. The molecule has 0 amide bonds. The summed E-state index contributed by atoms with van der Waals surface area (Å²) in [4.78, 5) is 14.5. The Morgan fingerprint density at radius 1 is 0.556 bits per heavy atom. The first kappa shape index (κ1) is 15.9. The molecule has 0 N–H and O–H groups in total. The molecule has 0 unspecified atom stereocenters. The number of rotatable bonds is 0. The van der Waals surface area contributed by atoms with Gasteiger partial charge in [-0.1, -0.05) is 0 Å². The van der Waals surface area contributed by atoms with Gasteiger partial charge in [-0.15, -0.1) is 0 Å². The summed E-state index contributed by atoms with van der Waals surface area (Å²) in [6.45, 7) is 6.33. The van der Waals surface area contributed by atoms with Crippen LogP contribution in [0.1, 0.15) is 20.8 Å². The van der Waals surface area contributed by atoms with Gasteiger partial charge in [0.15, 0.2) is 0 Å². The highest BCUT2D eigenvalue weighted by Gasteiger charge is 2.18. The van der Waals surface area contributed by atoms with Crippen LogP contribution in [0.15, 0.2) is 86.2 Å². The minimum absolute atomic E-state index is 0.903. The highest BCUT2D eigenvalue weighted by atomic mass is 14.9. The first-order chi connectivity index (χ1) is 13.0. The van der Waals surface area contributed by atoms with E-state index < -0.39 is 0 Å². The van der Waals surface area contributed by atoms with Crippen molar-refractivity contribution in [1.29, 1.82) is 0 Å². The third kappa shape index (κ3) is 2.33. The molecular formula is C23H20N4. The molecule has 0 aliphatic carbocycles. The highest BCUT2D eigenvalue weighted by molar-refractivity contribution is 6.27. The van der Waals surface area contributed by atoms with Crippen LogP contribution in [0, 0.1) is 0 Å². The van der Waals surface area contributed by atoms with E-state index in [0.717, 1.165) is 56.3 Å². The average molecular weight is 352 g/mol. The Morgan fingerprint density at radius 3 is 1.48 bits per heavy atom. The monoisotopic (exact) mass is 352 g/mol. The molecule has 0 radical (unpaired) electrons. The molecule has 0 atom stereocenters. The lowest BCUT2D eigenvalue weighted by molar-refractivity contribution is 0.854. The number of allylic oxidation sites excluding steroid dienone is 7. The van der Waals surface area contributed by atoms with Crippen LogP contribution >= 0.6 is 0 Å². The second-order valence-electron chi connectivity index (χ2n) is 7.18.